The van der Waals surface area contributed by atoms with Crippen molar-refractivity contribution in [1.82, 2.24) is 4.90 Å². The Bertz CT molecular complexity index is 436. The van der Waals surface area contributed by atoms with Crippen LogP contribution in [0.2, 0.25) is 0 Å². The Labute approximate surface area is 118 Å². The highest BCUT2D eigenvalue weighted by atomic mass is 19.2. The summed E-state index contributed by atoms with van der Waals surface area (Å²) in [6.07, 6.45) is 2.63. The minimum absolute atomic E-state index is 0.255. The third-order valence-electron chi connectivity index (χ3n) is 3.99. The van der Waals surface area contributed by atoms with Gasteiger partial charge in [-0.2, -0.15) is 0 Å². The molecule has 112 valence electrons. The quantitative estimate of drug-likeness (QED) is 0.902. The van der Waals surface area contributed by atoms with E-state index in [9.17, 15) is 8.78 Å². The minimum Gasteiger partial charge on any atom is -0.381 e. The van der Waals surface area contributed by atoms with Gasteiger partial charge in [0.25, 0.3) is 0 Å². The van der Waals surface area contributed by atoms with Gasteiger partial charge in [-0.25, -0.2) is 8.78 Å². The Morgan fingerprint density at radius 3 is 2.75 bits per heavy atom. The molecule has 5 heteroatoms. The van der Waals surface area contributed by atoms with E-state index in [4.69, 9.17) is 10.5 Å². The maximum Gasteiger partial charge on any atom is 0.163 e. The second-order valence-corrected chi connectivity index (χ2v) is 5.36. The Morgan fingerprint density at radius 2 is 2.05 bits per heavy atom. The molecular weight excluding hydrogens is 262 g/mol. The van der Waals surface area contributed by atoms with Crippen molar-refractivity contribution in [3.8, 4) is 0 Å². The molecule has 0 spiro atoms. The van der Waals surface area contributed by atoms with Gasteiger partial charge in [0.1, 0.15) is 0 Å². The molecule has 1 fully saturated rings. The standard InChI is InChI=1S/C15H22F2N2O/c1-19(11-6-9-20-10-7-11)8-5-14(18)12-3-2-4-13(16)15(12)17/h2-4,11,14H,5-10,18H2,1H3. The van der Waals surface area contributed by atoms with Crippen molar-refractivity contribution in [3.63, 3.8) is 0 Å². The third kappa shape index (κ3) is 3.75. The zero-order valence-electron chi connectivity index (χ0n) is 11.8. The fraction of sp³-hybridized carbons (Fsp3) is 0.600. The van der Waals surface area contributed by atoms with Crippen LogP contribution in [0.1, 0.15) is 30.9 Å². The van der Waals surface area contributed by atoms with E-state index >= 15 is 0 Å². The van der Waals surface area contributed by atoms with E-state index in [2.05, 4.69) is 4.90 Å². The van der Waals surface area contributed by atoms with E-state index < -0.39 is 17.7 Å². The van der Waals surface area contributed by atoms with E-state index in [0.29, 0.717) is 12.5 Å². The van der Waals surface area contributed by atoms with Crippen molar-refractivity contribution in [2.75, 3.05) is 26.8 Å². The second-order valence-electron chi connectivity index (χ2n) is 5.36. The summed E-state index contributed by atoms with van der Waals surface area (Å²) >= 11 is 0. The van der Waals surface area contributed by atoms with Crippen LogP contribution in [0.5, 0.6) is 0 Å². The molecule has 1 atom stereocenters. The first kappa shape index (κ1) is 15.4. The molecule has 1 aromatic rings. The fourth-order valence-electron chi connectivity index (χ4n) is 2.61. The average Bonchev–Trinajstić information content (AvgIpc) is 2.48. The molecule has 1 saturated heterocycles. The van der Waals surface area contributed by atoms with Gasteiger partial charge in [0.15, 0.2) is 11.6 Å². The first-order valence-electron chi connectivity index (χ1n) is 7.07. The van der Waals surface area contributed by atoms with Gasteiger partial charge in [-0.3, -0.25) is 0 Å². The molecule has 1 aliphatic rings. The highest BCUT2D eigenvalue weighted by Gasteiger charge is 2.20. The van der Waals surface area contributed by atoms with Crippen molar-refractivity contribution in [2.24, 2.45) is 5.73 Å². The number of ether oxygens (including phenoxy) is 1. The maximum atomic E-state index is 13.6. The van der Waals surface area contributed by atoms with Crippen LogP contribution in [-0.2, 0) is 4.74 Å². The average molecular weight is 284 g/mol. The van der Waals surface area contributed by atoms with Crippen molar-refractivity contribution >= 4 is 0 Å². The number of benzene rings is 1. The van der Waals surface area contributed by atoms with Crippen LogP contribution in [0.4, 0.5) is 8.78 Å². The molecule has 0 amide bonds. The summed E-state index contributed by atoms with van der Waals surface area (Å²) in [7, 11) is 2.05. The first-order valence-corrected chi connectivity index (χ1v) is 7.07. The molecular formula is C15H22F2N2O. The van der Waals surface area contributed by atoms with Gasteiger partial charge >= 0.3 is 0 Å². The Balaban J connectivity index is 1.88. The third-order valence-corrected chi connectivity index (χ3v) is 3.99. The highest BCUT2D eigenvalue weighted by Crippen LogP contribution is 2.21. The monoisotopic (exact) mass is 284 g/mol. The van der Waals surface area contributed by atoms with E-state index in [1.165, 1.54) is 6.07 Å². The van der Waals surface area contributed by atoms with E-state index in [-0.39, 0.29) is 5.56 Å². The normalized spacial score (nSPS) is 18.4. The van der Waals surface area contributed by atoms with Crippen LogP contribution in [0.25, 0.3) is 0 Å². The van der Waals surface area contributed by atoms with Crippen LogP contribution in [-0.4, -0.2) is 37.7 Å². The van der Waals surface area contributed by atoms with Gasteiger partial charge in [-0.05, 0) is 38.9 Å². The van der Waals surface area contributed by atoms with Crippen LogP contribution >= 0.6 is 0 Å². The lowest BCUT2D eigenvalue weighted by Crippen LogP contribution is -2.38. The van der Waals surface area contributed by atoms with Gasteiger partial charge < -0.3 is 15.4 Å². The zero-order valence-corrected chi connectivity index (χ0v) is 11.8. The van der Waals surface area contributed by atoms with E-state index in [1.54, 1.807) is 6.07 Å². The predicted molar refractivity (Wildman–Crippen MR) is 74.4 cm³/mol. The molecule has 2 rings (SSSR count). The van der Waals surface area contributed by atoms with Crippen LogP contribution in [0, 0.1) is 11.6 Å². The lowest BCUT2D eigenvalue weighted by atomic mass is 10.0. The molecule has 20 heavy (non-hydrogen) atoms. The summed E-state index contributed by atoms with van der Waals surface area (Å²) < 4.78 is 32.2. The second kappa shape index (κ2) is 7.11. The van der Waals surface area contributed by atoms with Gasteiger partial charge in [0.05, 0.1) is 0 Å². The summed E-state index contributed by atoms with van der Waals surface area (Å²) in [5.41, 5.74) is 6.24. The fourth-order valence-corrected chi connectivity index (χ4v) is 2.61. The lowest BCUT2D eigenvalue weighted by molar-refractivity contribution is 0.0422. The molecule has 1 aliphatic heterocycles. The van der Waals surface area contributed by atoms with E-state index in [1.807, 2.05) is 7.05 Å². The van der Waals surface area contributed by atoms with Crippen molar-refractivity contribution in [2.45, 2.75) is 31.3 Å². The van der Waals surface area contributed by atoms with Gasteiger partial charge in [0.2, 0.25) is 0 Å². The number of nitrogens with zero attached hydrogens (tertiary/aromatic N) is 1. The van der Waals surface area contributed by atoms with Crippen molar-refractivity contribution in [3.05, 3.63) is 35.4 Å². The molecule has 3 nitrogen and oxygen atoms in total. The van der Waals surface area contributed by atoms with Crippen molar-refractivity contribution in [1.29, 1.82) is 0 Å². The predicted octanol–water partition coefficient (Wildman–Crippen LogP) is 2.47. The molecule has 0 saturated carbocycles. The Hall–Kier alpha value is -1.04. The number of hydrogen-bond acceptors (Lipinski definition) is 3. The van der Waals surface area contributed by atoms with Crippen LogP contribution in [0.3, 0.4) is 0 Å². The highest BCUT2D eigenvalue weighted by molar-refractivity contribution is 5.22. The minimum atomic E-state index is -0.837. The van der Waals surface area contributed by atoms with Crippen LogP contribution in [0.15, 0.2) is 18.2 Å². The summed E-state index contributed by atoms with van der Waals surface area (Å²) in [5, 5.41) is 0. The number of halogens is 2. The molecule has 0 aromatic heterocycles. The smallest absolute Gasteiger partial charge is 0.163 e. The maximum absolute atomic E-state index is 13.6. The molecule has 0 radical (unpaired) electrons. The number of rotatable bonds is 5. The molecule has 2 N–H and O–H groups in total. The van der Waals surface area contributed by atoms with Gasteiger partial charge in [0, 0.05) is 30.9 Å². The number of hydrogen-bond donors (Lipinski definition) is 1. The van der Waals surface area contributed by atoms with Gasteiger partial charge in [-0.15, -0.1) is 0 Å². The zero-order chi connectivity index (χ0) is 14.5. The first-order chi connectivity index (χ1) is 9.59. The van der Waals surface area contributed by atoms with Gasteiger partial charge in [-0.1, -0.05) is 12.1 Å². The number of nitrogens with two attached hydrogens (primary N) is 1. The lowest BCUT2D eigenvalue weighted by Gasteiger charge is -2.31. The molecule has 1 aromatic carbocycles. The molecule has 1 unspecified atom stereocenters. The summed E-state index contributed by atoms with van der Waals surface area (Å²) in [4.78, 5) is 2.24. The van der Waals surface area contributed by atoms with E-state index in [0.717, 1.165) is 38.7 Å². The topological polar surface area (TPSA) is 38.5 Å². The SMILES string of the molecule is CN(CCC(N)c1cccc(F)c1F)C1CCOCC1. The Kier molecular flexibility index (Phi) is 5.46. The summed E-state index contributed by atoms with van der Waals surface area (Å²) in [6, 6.07) is 4.17. The molecule has 1 heterocycles. The molecule has 0 aliphatic carbocycles. The molecule has 0 bridgehead atoms. The van der Waals surface area contributed by atoms with Crippen LogP contribution < -0.4 is 5.73 Å². The Morgan fingerprint density at radius 1 is 1.35 bits per heavy atom. The van der Waals surface area contributed by atoms with Crippen molar-refractivity contribution < 1.29 is 13.5 Å². The largest absolute Gasteiger partial charge is 0.381 e. The summed E-state index contributed by atoms with van der Waals surface area (Å²) in [5.74, 6) is -1.66. The summed E-state index contributed by atoms with van der Waals surface area (Å²) in [6.45, 7) is 2.35.